The number of aromatic nitrogens is 2. The summed E-state index contributed by atoms with van der Waals surface area (Å²) in [6, 6.07) is 1.79. The number of fused-ring (bicyclic) bond motifs is 1. The van der Waals surface area contributed by atoms with E-state index in [1.165, 1.54) is 0 Å². The van der Waals surface area contributed by atoms with Crippen LogP contribution >= 0.6 is 15.9 Å². The van der Waals surface area contributed by atoms with E-state index in [0.29, 0.717) is 5.56 Å². The van der Waals surface area contributed by atoms with Crippen molar-refractivity contribution in [2.75, 3.05) is 38.2 Å². The molecule has 0 aromatic carbocycles. The first-order valence-corrected chi connectivity index (χ1v) is 7.96. The van der Waals surface area contributed by atoms with Crippen molar-refractivity contribution in [1.29, 1.82) is 0 Å². The first kappa shape index (κ1) is 15.3. The molecule has 118 valence electrons. The second-order valence-corrected chi connectivity index (χ2v) is 5.97. The van der Waals surface area contributed by atoms with Crippen molar-refractivity contribution in [3.63, 3.8) is 0 Å². The second-order valence-electron chi connectivity index (χ2n) is 5.14. The number of nitrogens with one attached hydrogen (secondary N) is 1. The minimum absolute atomic E-state index is 0.332. The van der Waals surface area contributed by atoms with Gasteiger partial charge in [0, 0.05) is 38.9 Å². The van der Waals surface area contributed by atoms with Gasteiger partial charge in [-0.2, -0.15) is 0 Å². The molecule has 0 radical (unpaired) electrons. The summed E-state index contributed by atoms with van der Waals surface area (Å²) in [6.45, 7) is 3.37. The van der Waals surface area contributed by atoms with Crippen molar-refractivity contribution < 1.29 is 9.53 Å². The van der Waals surface area contributed by atoms with Crippen molar-refractivity contribution >= 4 is 33.2 Å². The zero-order valence-corrected chi connectivity index (χ0v) is 13.8. The van der Waals surface area contributed by atoms with Gasteiger partial charge in [-0.1, -0.05) is 15.9 Å². The molecule has 1 amide bonds. The molecule has 0 spiro atoms. The first-order valence-electron chi connectivity index (χ1n) is 7.04. The van der Waals surface area contributed by atoms with Crippen LogP contribution in [0.15, 0.2) is 18.6 Å². The van der Waals surface area contributed by atoms with E-state index < -0.39 is 5.91 Å². The summed E-state index contributed by atoms with van der Waals surface area (Å²) >= 11 is 3.46. The Morgan fingerprint density at radius 2 is 2.23 bits per heavy atom. The standard InChI is InChI=1S/C14H18BrN5O2/c1-22-12(15)9-6-10(13(16)21)14(19-4-2-17-3-5-19)20-8-18-7-11(9)20/h6-8,12,17H,2-5H2,1H3,(H2,16,21). The van der Waals surface area contributed by atoms with Crippen molar-refractivity contribution in [1.82, 2.24) is 14.7 Å². The number of nitrogens with two attached hydrogens (primary N) is 1. The van der Waals surface area contributed by atoms with E-state index >= 15 is 0 Å². The summed E-state index contributed by atoms with van der Waals surface area (Å²) in [6.07, 6.45) is 3.47. The van der Waals surface area contributed by atoms with Crippen molar-refractivity contribution in [2.45, 2.75) is 5.01 Å². The molecule has 1 aliphatic rings. The molecule has 22 heavy (non-hydrogen) atoms. The average molecular weight is 368 g/mol. The Labute approximate surface area is 136 Å². The SMILES string of the molecule is COC(Br)c1cc(C(N)=O)c(N2CCNCC2)n2cncc12. The van der Waals surface area contributed by atoms with E-state index in [-0.39, 0.29) is 5.01 Å². The third-order valence-electron chi connectivity index (χ3n) is 3.84. The number of imidazole rings is 1. The van der Waals surface area contributed by atoms with Crippen LogP contribution in [0, 0.1) is 0 Å². The topological polar surface area (TPSA) is 84.9 Å². The highest BCUT2D eigenvalue weighted by atomic mass is 79.9. The van der Waals surface area contributed by atoms with E-state index in [9.17, 15) is 4.79 Å². The number of piperazine rings is 1. The smallest absolute Gasteiger partial charge is 0.252 e. The molecule has 2 aromatic rings. The first-order chi connectivity index (χ1) is 10.6. The molecule has 1 fully saturated rings. The van der Waals surface area contributed by atoms with Crippen LogP contribution in [0.3, 0.4) is 0 Å². The number of halogens is 1. The monoisotopic (exact) mass is 367 g/mol. The molecule has 1 unspecified atom stereocenters. The molecule has 7 nitrogen and oxygen atoms in total. The number of hydrogen-bond donors (Lipinski definition) is 2. The molecule has 0 aliphatic carbocycles. The predicted molar refractivity (Wildman–Crippen MR) is 87.5 cm³/mol. The Morgan fingerprint density at radius 1 is 1.50 bits per heavy atom. The summed E-state index contributed by atoms with van der Waals surface area (Å²) in [5.41, 5.74) is 7.81. The molecule has 3 N–H and O–H groups in total. The third-order valence-corrected chi connectivity index (χ3v) is 4.70. The van der Waals surface area contributed by atoms with Crippen LogP contribution in [0.25, 0.3) is 5.52 Å². The highest BCUT2D eigenvalue weighted by molar-refractivity contribution is 9.09. The van der Waals surface area contributed by atoms with Gasteiger partial charge in [0.25, 0.3) is 5.91 Å². The van der Waals surface area contributed by atoms with Crippen LogP contribution in [0.2, 0.25) is 0 Å². The normalized spacial score (nSPS) is 16.9. The lowest BCUT2D eigenvalue weighted by molar-refractivity contribution is 0.1000. The lowest BCUT2D eigenvalue weighted by atomic mass is 10.1. The number of ether oxygens (including phenoxy) is 1. The number of methoxy groups -OCH3 is 1. The van der Waals surface area contributed by atoms with Gasteiger partial charge in [-0.3, -0.25) is 9.20 Å². The Hall–Kier alpha value is -1.64. The summed E-state index contributed by atoms with van der Waals surface area (Å²) in [5.74, 6) is 0.335. The van der Waals surface area contributed by atoms with Gasteiger partial charge in [-0.25, -0.2) is 4.98 Å². The number of alkyl halides is 1. The highest BCUT2D eigenvalue weighted by Crippen LogP contribution is 2.33. The fraction of sp³-hybridized carbons (Fsp3) is 0.429. The van der Waals surface area contributed by atoms with Gasteiger partial charge < -0.3 is 20.7 Å². The van der Waals surface area contributed by atoms with Gasteiger partial charge in [-0.15, -0.1) is 0 Å². The zero-order valence-electron chi connectivity index (χ0n) is 12.3. The Bertz CT molecular complexity index is 696. The largest absolute Gasteiger partial charge is 0.365 e. The van der Waals surface area contributed by atoms with Gasteiger partial charge in [0.1, 0.15) is 17.2 Å². The van der Waals surface area contributed by atoms with E-state index in [1.807, 2.05) is 4.40 Å². The minimum Gasteiger partial charge on any atom is -0.365 e. The van der Waals surface area contributed by atoms with Crippen LogP contribution in [-0.2, 0) is 4.74 Å². The van der Waals surface area contributed by atoms with Crippen molar-refractivity contribution in [3.05, 3.63) is 29.7 Å². The number of nitrogens with zero attached hydrogens (tertiary/aromatic N) is 3. The maximum Gasteiger partial charge on any atom is 0.252 e. The fourth-order valence-electron chi connectivity index (χ4n) is 2.79. The lowest BCUT2D eigenvalue weighted by Gasteiger charge is -2.31. The molecule has 8 heteroatoms. The number of carbonyl (C=O) groups excluding carboxylic acids is 1. The summed E-state index contributed by atoms with van der Waals surface area (Å²) in [4.78, 5) is 18.4. The van der Waals surface area contributed by atoms with Crippen LogP contribution < -0.4 is 16.0 Å². The maximum absolute atomic E-state index is 12.0. The van der Waals surface area contributed by atoms with E-state index in [4.69, 9.17) is 10.5 Å². The predicted octanol–water partition coefficient (Wildman–Crippen LogP) is 0.883. The Morgan fingerprint density at radius 3 is 2.86 bits per heavy atom. The van der Waals surface area contributed by atoms with Crippen LogP contribution in [-0.4, -0.2) is 48.6 Å². The molecule has 1 atom stereocenters. The summed E-state index contributed by atoms with van der Waals surface area (Å²) < 4.78 is 7.24. The second kappa shape index (κ2) is 6.23. The molecule has 3 rings (SSSR count). The Balaban J connectivity index is 2.23. The third kappa shape index (κ3) is 2.57. The van der Waals surface area contributed by atoms with Crippen LogP contribution in [0.5, 0.6) is 0 Å². The van der Waals surface area contributed by atoms with Gasteiger partial charge in [0.05, 0.1) is 17.3 Å². The van der Waals surface area contributed by atoms with Crippen molar-refractivity contribution in [3.8, 4) is 0 Å². The van der Waals surface area contributed by atoms with E-state index in [0.717, 1.165) is 43.1 Å². The zero-order chi connectivity index (χ0) is 15.7. The number of primary amides is 1. The minimum atomic E-state index is -0.457. The molecular formula is C14H18BrN5O2. The maximum atomic E-state index is 12.0. The average Bonchev–Trinajstić information content (AvgIpc) is 3.02. The Kier molecular flexibility index (Phi) is 4.32. The van der Waals surface area contributed by atoms with Gasteiger partial charge in [0.2, 0.25) is 0 Å². The molecule has 1 saturated heterocycles. The molecule has 1 aliphatic heterocycles. The molecule has 2 aromatic heterocycles. The van der Waals surface area contributed by atoms with Crippen molar-refractivity contribution in [2.24, 2.45) is 5.73 Å². The van der Waals surface area contributed by atoms with E-state index in [2.05, 4.69) is 31.1 Å². The van der Waals surface area contributed by atoms with Crippen LogP contribution in [0.1, 0.15) is 20.9 Å². The molecule has 0 saturated carbocycles. The quantitative estimate of drug-likeness (QED) is 0.783. The van der Waals surface area contributed by atoms with Gasteiger partial charge >= 0.3 is 0 Å². The number of rotatable bonds is 4. The highest BCUT2D eigenvalue weighted by Gasteiger charge is 2.24. The summed E-state index contributed by atoms with van der Waals surface area (Å²) in [5, 5.41) is 2.97. The van der Waals surface area contributed by atoms with Gasteiger partial charge in [-0.05, 0) is 6.07 Å². The summed E-state index contributed by atoms with van der Waals surface area (Å²) in [7, 11) is 1.60. The molecular weight excluding hydrogens is 350 g/mol. The fourth-order valence-corrected chi connectivity index (χ4v) is 3.16. The van der Waals surface area contributed by atoms with Crippen LogP contribution in [0.4, 0.5) is 5.82 Å². The number of hydrogen-bond acceptors (Lipinski definition) is 5. The van der Waals surface area contributed by atoms with Gasteiger partial charge in [0.15, 0.2) is 0 Å². The number of anilines is 1. The number of carbonyl (C=O) groups is 1. The lowest BCUT2D eigenvalue weighted by Crippen LogP contribution is -2.45. The molecule has 0 bridgehead atoms. The molecule has 3 heterocycles. The number of pyridine rings is 1. The number of amides is 1. The van der Waals surface area contributed by atoms with E-state index in [1.54, 1.807) is 25.7 Å².